The fraction of sp³-hybridized carbons (Fsp3) is 0.838. The predicted octanol–water partition coefficient (Wildman–Crippen LogP) is 6.09. The van der Waals surface area contributed by atoms with Gasteiger partial charge in [0.2, 0.25) is 0 Å². The van der Waals surface area contributed by atoms with Crippen LogP contribution in [0.1, 0.15) is 149 Å². The van der Waals surface area contributed by atoms with E-state index in [-0.39, 0.29) is 68.0 Å². The SMILES string of the molecule is CCC(C)C(=O)OCCOC(=O)CCCCCOC(=O)CCCCCOC(=O)CCCCCOC(=O)CCCCCOC(=O)CCCCCO. The molecule has 0 amide bonds. The van der Waals surface area contributed by atoms with Crippen LogP contribution in [0, 0.1) is 5.92 Å². The Morgan fingerprint density at radius 1 is 0.400 bits per heavy atom. The van der Waals surface area contributed by atoms with Crippen LogP contribution < -0.4 is 0 Å². The minimum Gasteiger partial charge on any atom is -0.466 e. The molecule has 290 valence electrons. The molecule has 0 aliphatic carbocycles. The highest BCUT2D eigenvalue weighted by atomic mass is 16.6. The van der Waals surface area contributed by atoms with Crippen molar-refractivity contribution in [3.05, 3.63) is 0 Å². The third-order valence-electron chi connectivity index (χ3n) is 7.80. The molecule has 0 saturated heterocycles. The molecule has 0 bridgehead atoms. The van der Waals surface area contributed by atoms with Gasteiger partial charge in [-0.05, 0) is 96.3 Å². The van der Waals surface area contributed by atoms with Crippen LogP contribution in [0.2, 0.25) is 0 Å². The van der Waals surface area contributed by atoms with Gasteiger partial charge in [-0.25, -0.2) is 0 Å². The second-order valence-electron chi connectivity index (χ2n) is 12.4. The zero-order valence-electron chi connectivity index (χ0n) is 30.7. The summed E-state index contributed by atoms with van der Waals surface area (Å²) in [4.78, 5) is 70.5. The molecule has 0 spiro atoms. The van der Waals surface area contributed by atoms with Crippen LogP contribution in [-0.4, -0.2) is 87.2 Å². The molecular formula is C37H64O13. The Morgan fingerprint density at radius 2 is 0.680 bits per heavy atom. The highest BCUT2D eigenvalue weighted by Gasteiger charge is 2.12. The molecule has 0 radical (unpaired) electrons. The van der Waals surface area contributed by atoms with E-state index < -0.39 is 0 Å². The Balaban J connectivity index is 3.48. The fourth-order valence-corrected chi connectivity index (χ4v) is 4.46. The van der Waals surface area contributed by atoms with Crippen molar-refractivity contribution in [3.8, 4) is 0 Å². The summed E-state index contributed by atoms with van der Waals surface area (Å²) in [6.07, 6.45) is 12.8. The Kier molecular flexibility index (Phi) is 32.0. The van der Waals surface area contributed by atoms with Crippen LogP contribution in [0.25, 0.3) is 0 Å². The highest BCUT2D eigenvalue weighted by Crippen LogP contribution is 2.09. The number of hydrogen-bond donors (Lipinski definition) is 1. The minimum atomic E-state index is -0.344. The van der Waals surface area contributed by atoms with Crippen molar-refractivity contribution in [2.45, 2.75) is 149 Å². The largest absolute Gasteiger partial charge is 0.466 e. The summed E-state index contributed by atoms with van der Waals surface area (Å²) < 4.78 is 30.9. The lowest BCUT2D eigenvalue weighted by Crippen LogP contribution is -2.18. The lowest BCUT2D eigenvalue weighted by Gasteiger charge is -2.09. The molecule has 0 aromatic heterocycles. The fourth-order valence-electron chi connectivity index (χ4n) is 4.46. The first-order valence-electron chi connectivity index (χ1n) is 18.7. The van der Waals surface area contributed by atoms with Gasteiger partial charge in [-0.1, -0.05) is 20.3 Å². The second-order valence-corrected chi connectivity index (χ2v) is 12.4. The number of carbonyl (C=O) groups is 6. The van der Waals surface area contributed by atoms with E-state index in [1.54, 1.807) is 6.92 Å². The lowest BCUT2D eigenvalue weighted by molar-refractivity contribution is -0.154. The number of esters is 6. The van der Waals surface area contributed by atoms with Gasteiger partial charge in [-0.15, -0.1) is 0 Å². The van der Waals surface area contributed by atoms with Gasteiger partial charge in [0.25, 0.3) is 0 Å². The van der Waals surface area contributed by atoms with E-state index in [1.807, 2.05) is 6.92 Å². The Labute approximate surface area is 298 Å². The topological polar surface area (TPSA) is 178 Å². The number of unbranched alkanes of at least 4 members (excludes halogenated alkanes) is 10. The van der Waals surface area contributed by atoms with E-state index >= 15 is 0 Å². The van der Waals surface area contributed by atoms with Gasteiger partial charge in [0.1, 0.15) is 13.2 Å². The normalized spacial score (nSPS) is 11.3. The number of rotatable bonds is 34. The van der Waals surface area contributed by atoms with Crippen LogP contribution in [0.4, 0.5) is 0 Å². The first kappa shape index (κ1) is 46.8. The third kappa shape index (κ3) is 32.0. The molecule has 50 heavy (non-hydrogen) atoms. The summed E-state index contributed by atoms with van der Waals surface area (Å²) in [6.45, 7) is 5.21. The Morgan fingerprint density at radius 3 is 0.980 bits per heavy atom. The number of aliphatic hydroxyl groups is 1. The summed E-state index contributed by atoms with van der Waals surface area (Å²) in [5.74, 6) is -1.80. The molecule has 1 N–H and O–H groups in total. The smallest absolute Gasteiger partial charge is 0.308 e. The molecule has 0 heterocycles. The van der Waals surface area contributed by atoms with Crippen molar-refractivity contribution < 1.29 is 62.3 Å². The first-order valence-corrected chi connectivity index (χ1v) is 18.7. The van der Waals surface area contributed by atoms with Crippen LogP contribution >= 0.6 is 0 Å². The van der Waals surface area contributed by atoms with Crippen LogP contribution in [-0.2, 0) is 57.2 Å². The van der Waals surface area contributed by atoms with Crippen molar-refractivity contribution in [1.82, 2.24) is 0 Å². The third-order valence-corrected chi connectivity index (χ3v) is 7.80. The van der Waals surface area contributed by atoms with Crippen molar-refractivity contribution >= 4 is 35.8 Å². The maximum atomic E-state index is 11.9. The summed E-state index contributed by atoms with van der Waals surface area (Å²) in [5.41, 5.74) is 0. The van der Waals surface area contributed by atoms with E-state index in [1.165, 1.54) is 0 Å². The zero-order valence-corrected chi connectivity index (χ0v) is 30.7. The average molecular weight is 717 g/mol. The second kappa shape index (κ2) is 34.2. The summed E-state index contributed by atoms with van der Waals surface area (Å²) in [7, 11) is 0. The van der Waals surface area contributed by atoms with Crippen molar-refractivity contribution in [2.75, 3.05) is 46.2 Å². The number of ether oxygens (including phenoxy) is 6. The number of aliphatic hydroxyl groups excluding tert-OH is 1. The molecule has 1 atom stereocenters. The molecule has 0 aliphatic heterocycles. The molecule has 0 aliphatic rings. The maximum absolute atomic E-state index is 11.9. The highest BCUT2D eigenvalue weighted by molar-refractivity contribution is 5.72. The van der Waals surface area contributed by atoms with Gasteiger partial charge < -0.3 is 33.5 Å². The zero-order chi connectivity index (χ0) is 37.1. The molecule has 0 rings (SSSR count). The van der Waals surface area contributed by atoms with Crippen molar-refractivity contribution in [1.29, 1.82) is 0 Å². The van der Waals surface area contributed by atoms with Crippen LogP contribution in [0.15, 0.2) is 0 Å². The molecule has 13 heteroatoms. The Hall–Kier alpha value is -3.22. The van der Waals surface area contributed by atoms with Crippen molar-refractivity contribution in [2.24, 2.45) is 5.92 Å². The van der Waals surface area contributed by atoms with E-state index in [4.69, 9.17) is 33.5 Å². The van der Waals surface area contributed by atoms with Gasteiger partial charge in [-0.3, -0.25) is 28.8 Å². The monoisotopic (exact) mass is 716 g/mol. The van der Waals surface area contributed by atoms with Crippen LogP contribution in [0.3, 0.4) is 0 Å². The van der Waals surface area contributed by atoms with Gasteiger partial charge >= 0.3 is 35.8 Å². The summed E-state index contributed by atoms with van der Waals surface area (Å²) >= 11 is 0. The van der Waals surface area contributed by atoms with E-state index in [9.17, 15) is 28.8 Å². The first-order chi connectivity index (χ1) is 24.2. The number of carbonyl (C=O) groups excluding carboxylic acids is 6. The maximum Gasteiger partial charge on any atom is 0.308 e. The van der Waals surface area contributed by atoms with Gasteiger partial charge in [0.15, 0.2) is 0 Å². The van der Waals surface area contributed by atoms with Crippen LogP contribution in [0.5, 0.6) is 0 Å². The average Bonchev–Trinajstić information content (AvgIpc) is 3.10. The minimum absolute atomic E-state index is 0.0466. The van der Waals surface area contributed by atoms with E-state index in [0.29, 0.717) is 116 Å². The van der Waals surface area contributed by atoms with Gasteiger partial charge in [0, 0.05) is 38.7 Å². The quantitative estimate of drug-likeness (QED) is 0.0460. The van der Waals surface area contributed by atoms with Gasteiger partial charge in [-0.2, -0.15) is 0 Å². The lowest BCUT2D eigenvalue weighted by atomic mass is 10.1. The molecule has 0 aromatic rings. The summed E-state index contributed by atoms with van der Waals surface area (Å²) in [6, 6.07) is 0. The van der Waals surface area contributed by atoms with E-state index in [0.717, 1.165) is 38.5 Å². The summed E-state index contributed by atoms with van der Waals surface area (Å²) in [5, 5.41) is 8.72. The molecule has 0 aromatic carbocycles. The van der Waals surface area contributed by atoms with Crippen molar-refractivity contribution in [3.63, 3.8) is 0 Å². The van der Waals surface area contributed by atoms with Gasteiger partial charge in [0.05, 0.1) is 32.3 Å². The molecule has 13 nitrogen and oxygen atoms in total. The molecule has 0 fully saturated rings. The number of hydrogen-bond acceptors (Lipinski definition) is 13. The predicted molar refractivity (Wildman–Crippen MR) is 185 cm³/mol. The standard InChI is InChI=1S/C37H64O13/c1-3-31(2)37(44)50-30-29-49-36(43)23-13-8-18-28-48-35(42)22-12-7-17-27-47-34(41)21-11-6-16-26-46-33(40)20-10-5-15-25-45-32(39)19-9-4-14-24-38/h31,38H,3-30H2,1-2H3. The molecule has 0 saturated carbocycles. The van der Waals surface area contributed by atoms with E-state index in [2.05, 4.69) is 0 Å². The molecule has 1 unspecified atom stereocenters. The molecular weight excluding hydrogens is 652 g/mol. The Bertz CT molecular complexity index is 921.